The van der Waals surface area contributed by atoms with E-state index in [0.717, 1.165) is 0 Å². The molecule has 0 aliphatic carbocycles. The van der Waals surface area contributed by atoms with Crippen molar-refractivity contribution in [3.63, 3.8) is 0 Å². The molecule has 2 N–H and O–H groups in total. The van der Waals surface area contributed by atoms with E-state index in [1.54, 1.807) is 41.5 Å². The molecule has 0 unspecified atom stereocenters. The van der Waals surface area contributed by atoms with Crippen molar-refractivity contribution in [2.24, 2.45) is 10.8 Å². The molecule has 17 heavy (non-hydrogen) atoms. The van der Waals surface area contributed by atoms with E-state index in [1.165, 1.54) is 11.0 Å². The fourth-order valence-electron chi connectivity index (χ4n) is 0.306. The minimum atomic E-state index is -0.554. The van der Waals surface area contributed by atoms with E-state index in [4.69, 9.17) is 0 Å². The topological polar surface area (TPSA) is 104 Å². The standard InChI is InChI=1S/2C5H10NO2.Cu/c2*1-5(2,3)4(7)6-8;/h2*1-3H3,(H-,6,7,8);/q2*-1;+2. The van der Waals surface area contributed by atoms with Gasteiger partial charge in [-0.05, 0) is 0 Å². The molecule has 0 spiro atoms. The van der Waals surface area contributed by atoms with Gasteiger partial charge in [-0.2, -0.15) is 0 Å². The van der Waals surface area contributed by atoms with Crippen molar-refractivity contribution in [3.05, 3.63) is 10.4 Å². The summed E-state index contributed by atoms with van der Waals surface area (Å²) in [5.41, 5.74) is 1.52. The van der Waals surface area contributed by atoms with E-state index in [-0.39, 0.29) is 17.1 Å². The fraction of sp³-hybridized carbons (Fsp3) is 0.800. The molecule has 105 valence electrons. The van der Waals surface area contributed by atoms with Gasteiger partial charge in [-0.3, -0.25) is 9.59 Å². The zero-order valence-corrected chi connectivity index (χ0v) is 11.9. The van der Waals surface area contributed by atoms with Crippen LogP contribution in [0.2, 0.25) is 0 Å². The summed E-state index contributed by atoms with van der Waals surface area (Å²) in [5.74, 6) is -0.949. The third-order valence-electron chi connectivity index (χ3n) is 1.55. The monoisotopic (exact) mass is 295 g/mol. The maximum atomic E-state index is 10.4. The summed E-state index contributed by atoms with van der Waals surface area (Å²) < 4.78 is 0. The Morgan fingerprint density at radius 1 is 0.765 bits per heavy atom. The molecule has 0 aromatic rings. The average molecular weight is 296 g/mol. The Morgan fingerprint density at radius 2 is 0.941 bits per heavy atom. The van der Waals surface area contributed by atoms with E-state index in [1.807, 2.05) is 0 Å². The molecule has 0 saturated heterocycles. The minimum absolute atomic E-state index is 0. The van der Waals surface area contributed by atoms with Gasteiger partial charge in [0, 0.05) is 10.8 Å². The third kappa shape index (κ3) is 11.6. The maximum absolute atomic E-state index is 10.4. The molecule has 2 amide bonds. The number of carbonyl (C=O) groups excluding carboxylic acids is 2. The Bertz CT molecular complexity index is 218. The van der Waals surface area contributed by atoms with Crippen molar-refractivity contribution in [1.29, 1.82) is 0 Å². The van der Waals surface area contributed by atoms with Crippen LogP contribution in [0.4, 0.5) is 0 Å². The van der Waals surface area contributed by atoms with Crippen LogP contribution in [0.3, 0.4) is 0 Å². The molecule has 0 rings (SSSR count). The number of hydrogen-bond donors (Lipinski definition) is 2. The Morgan fingerprint density at radius 3 is 0.941 bits per heavy atom. The minimum Gasteiger partial charge on any atom is -0.759 e. The predicted molar refractivity (Wildman–Crippen MR) is 61.9 cm³/mol. The van der Waals surface area contributed by atoms with Crippen molar-refractivity contribution in [2.75, 3.05) is 0 Å². The van der Waals surface area contributed by atoms with E-state index in [0.29, 0.717) is 0 Å². The van der Waals surface area contributed by atoms with Crippen LogP contribution in [0.15, 0.2) is 0 Å². The van der Waals surface area contributed by atoms with Crippen LogP contribution < -0.4 is 11.0 Å². The van der Waals surface area contributed by atoms with E-state index >= 15 is 0 Å². The largest absolute Gasteiger partial charge is 2.00 e. The summed E-state index contributed by atoms with van der Waals surface area (Å²) in [5, 5.41) is 19.4. The number of amides is 2. The summed E-state index contributed by atoms with van der Waals surface area (Å²) in [4.78, 5) is 20.8. The van der Waals surface area contributed by atoms with Gasteiger partial charge in [0.05, 0.1) is 0 Å². The first-order chi connectivity index (χ1) is 6.96. The van der Waals surface area contributed by atoms with Crippen LogP contribution in [0.5, 0.6) is 0 Å². The second kappa shape index (κ2) is 8.47. The van der Waals surface area contributed by atoms with Crippen LogP contribution in [0, 0.1) is 21.2 Å². The summed E-state index contributed by atoms with van der Waals surface area (Å²) in [6, 6.07) is 0. The summed E-state index contributed by atoms with van der Waals surface area (Å²) in [6.07, 6.45) is 0. The molecule has 0 aliphatic rings. The van der Waals surface area contributed by atoms with Crippen LogP contribution in [0.1, 0.15) is 41.5 Å². The summed E-state index contributed by atoms with van der Waals surface area (Å²) in [6.45, 7) is 10.1. The van der Waals surface area contributed by atoms with Crippen LogP contribution in [-0.4, -0.2) is 11.8 Å². The SMILES string of the molecule is CC(C)(C)C(=O)N[O-].CC(C)(C)C(=O)N[O-].[Cu+2]. The molecule has 0 atom stereocenters. The first-order valence-electron chi connectivity index (χ1n) is 4.82. The van der Waals surface area contributed by atoms with Gasteiger partial charge in [-0.1, -0.05) is 41.5 Å². The first kappa shape index (κ1) is 21.6. The number of hydrogen-bond acceptors (Lipinski definition) is 4. The molecular weight excluding hydrogens is 276 g/mol. The van der Waals surface area contributed by atoms with Crippen molar-refractivity contribution in [3.8, 4) is 0 Å². The van der Waals surface area contributed by atoms with Gasteiger partial charge >= 0.3 is 17.1 Å². The van der Waals surface area contributed by atoms with Gasteiger partial charge in [-0.15, -0.1) is 0 Å². The quantitative estimate of drug-likeness (QED) is 0.519. The van der Waals surface area contributed by atoms with Crippen molar-refractivity contribution >= 4 is 11.8 Å². The van der Waals surface area contributed by atoms with Gasteiger partial charge in [0.25, 0.3) is 0 Å². The number of rotatable bonds is 0. The summed E-state index contributed by atoms with van der Waals surface area (Å²) in [7, 11) is 0. The predicted octanol–water partition coefficient (Wildman–Crippen LogP) is 1.29. The molecule has 6 nitrogen and oxygen atoms in total. The van der Waals surface area contributed by atoms with Gasteiger partial charge < -0.3 is 21.4 Å². The third-order valence-corrected chi connectivity index (χ3v) is 1.55. The van der Waals surface area contributed by atoms with Gasteiger partial charge in [0.15, 0.2) is 0 Å². The molecule has 0 aromatic heterocycles. The summed E-state index contributed by atoms with van der Waals surface area (Å²) >= 11 is 0. The molecule has 0 bridgehead atoms. The molecule has 1 radical (unpaired) electrons. The fourth-order valence-corrected chi connectivity index (χ4v) is 0.306. The number of nitrogens with one attached hydrogen (secondary N) is 2. The van der Waals surface area contributed by atoms with Gasteiger partial charge in [0.2, 0.25) is 11.8 Å². The van der Waals surface area contributed by atoms with Crippen LogP contribution in [0.25, 0.3) is 0 Å². The molecule has 0 aromatic carbocycles. The number of carbonyl (C=O) groups is 2. The molecule has 0 aliphatic heterocycles. The van der Waals surface area contributed by atoms with Crippen molar-refractivity contribution < 1.29 is 26.7 Å². The van der Waals surface area contributed by atoms with Crippen molar-refractivity contribution in [2.45, 2.75) is 41.5 Å². The first-order valence-corrected chi connectivity index (χ1v) is 4.82. The molecule has 0 fully saturated rings. The Hall–Kier alpha value is -0.621. The van der Waals surface area contributed by atoms with E-state index < -0.39 is 22.6 Å². The second-order valence-electron chi connectivity index (χ2n) is 5.36. The van der Waals surface area contributed by atoms with E-state index in [2.05, 4.69) is 0 Å². The Labute approximate surface area is 113 Å². The zero-order chi connectivity index (χ0) is 13.6. The van der Waals surface area contributed by atoms with E-state index in [9.17, 15) is 20.0 Å². The molecular formula is C10H20CuN2O4. The number of hydroxylamine groups is 2. The Balaban J connectivity index is -0.000000218. The molecule has 7 heteroatoms. The average Bonchev–Trinajstić information content (AvgIpc) is 2.13. The zero-order valence-electron chi connectivity index (χ0n) is 10.9. The second-order valence-corrected chi connectivity index (χ2v) is 5.36. The van der Waals surface area contributed by atoms with Gasteiger partial charge in [0.1, 0.15) is 0 Å². The van der Waals surface area contributed by atoms with Crippen molar-refractivity contribution in [1.82, 2.24) is 11.0 Å². The molecule has 0 saturated carbocycles. The maximum Gasteiger partial charge on any atom is 2.00 e. The van der Waals surface area contributed by atoms with Crippen LogP contribution >= 0.6 is 0 Å². The normalized spacial score (nSPS) is 10.4. The van der Waals surface area contributed by atoms with Crippen LogP contribution in [-0.2, 0) is 26.7 Å². The molecule has 0 heterocycles. The smallest absolute Gasteiger partial charge is 0.759 e. The van der Waals surface area contributed by atoms with Gasteiger partial charge in [-0.25, -0.2) is 0 Å². The Kier molecular flexibility index (Phi) is 10.8.